The number of carbonyl (C=O) groups is 1. The Morgan fingerprint density at radius 2 is 1.68 bits per heavy atom. The molecule has 228 valence electrons. The molecule has 44 heavy (non-hydrogen) atoms. The maximum Gasteiger partial charge on any atom is 0.271 e. The van der Waals surface area contributed by atoms with Gasteiger partial charge >= 0.3 is 0 Å². The van der Waals surface area contributed by atoms with Crippen molar-refractivity contribution < 1.29 is 19.0 Å². The zero-order valence-corrected chi connectivity index (χ0v) is 27.7. The fraction of sp³-hybridized carbons (Fsp3) is 0.265. The van der Waals surface area contributed by atoms with Crippen LogP contribution in [0.1, 0.15) is 43.5 Å². The van der Waals surface area contributed by atoms with Crippen molar-refractivity contribution in [3.63, 3.8) is 0 Å². The van der Waals surface area contributed by atoms with Crippen molar-refractivity contribution in [1.29, 1.82) is 0 Å². The number of likely N-dealkylation sites (N-methyl/N-ethyl adjacent to an activating group) is 1. The Morgan fingerprint density at radius 3 is 2.36 bits per heavy atom. The SMILES string of the molecule is CCN(CC)C(=O)C1=C(C)N=c2s/c(=C/c3cc(OC)c(OCc4ccccc4)cc3Br)c(=O)n2[C@H]1c1ccccc1OC. The second-order valence-electron chi connectivity index (χ2n) is 10.1. The average Bonchev–Trinajstić information content (AvgIpc) is 3.34. The van der Waals surface area contributed by atoms with E-state index in [9.17, 15) is 9.59 Å². The molecule has 8 nitrogen and oxygen atoms in total. The summed E-state index contributed by atoms with van der Waals surface area (Å²) in [6.45, 7) is 7.17. The molecule has 2 heterocycles. The van der Waals surface area contributed by atoms with E-state index in [-0.39, 0.29) is 11.5 Å². The Kier molecular flexibility index (Phi) is 9.71. The number of rotatable bonds is 10. The number of amides is 1. The summed E-state index contributed by atoms with van der Waals surface area (Å²) in [7, 11) is 3.17. The van der Waals surface area contributed by atoms with Crippen molar-refractivity contribution in [3.05, 3.63) is 119 Å². The average molecular weight is 677 g/mol. The summed E-state index contributed by atoms with van der Waals surface area (Å²) < 4.78 is 20.2. The monoisotopic (exact) mass is 675 g/mol. The lowest BCUT2D eigenvalue weighted by Crippen LogP contribution is -2.43. The second kappa shape index (κ2) is 13.7. The molecule has 0 saturated heterocycles. The van der Waals surface area contributed by atoms with Crippen LogP contribution >= 0.6 is 27.3 Å². The fourth-order valence-corrected chi connectivity index (χ4v) is 6.75. The summed E-state index contributed by atoms with van der Waals surface area (Å²) in [6.07, 6.45) is 1.81. The Hall–Kier alpha value is -4.15. The summed E-state index contributed by atoms with van der Waals surface area (Å²) >= 11 is 4.93. The molecule has 0 unspecified atom stereocenters. The van der Waals surface area contributed by atoms with E-state index < -0.39 is 6.04 Å². The number of aromatic nitrogens is 1. The van der Waals surface area contributed by atoms with Gasteiger partial charge in [-0.15, -0.1) is 0 Å². The number of halogens is 1. The van der Waals surface area contributed by atoms with E-state index >= 15 is 0 Å². The van der Waals surface area contributed by atoms with Gasteiger partial charge in [-0.05, 0) is 56.2 Å². The Morgan fingerprint density at radius 1 is 1.00 bits per heavy atom. The van der Waals surface area contributed by atoms with E-state index in [2.05, 4.69) is 15.9 Å². The summed E-state index contributed by atoms with van der Waals surface area (Å²) in [5.41, 5.74) is 3.28. The highest BCUT2D eigenvalue weighted by molar-refractivity contribution is 9.10. The van der Waals surface area contributed by atoms with Crippen LogP contribution in [-0.4, -0.2) is 42.7 Å². The van der Waals surface area contributed by atoms with E-state index in [0.29, 0.717) is 57.5 Å². The van der Waals surface area contributed by atoms with Crippen LogP contribution in [0.4, 0.5) is 0 Å². The first-order valence-corrected chi connectivity index (χ1v) is 15.9. The lowest BCUT2D eigenvalue weighted by molar-refractivity contribution is -0.127. The van der Waals surface area contributed by atoms with E-state index in [4.69, 9.17) is 19.2 Å². The third kappa shape index (κ3) is 6.09. The standard InChI is InChI=1S/C34H34BrN3O5S/c1-6-37(7-2)33(40)30-21(3)36-34-38(31(30)24-15-11-12-16-26(24)41-4)32(39)29(44-34)18-23-17-27(42-5)28(19-25(23)35)43-20-22-13-9-8-10-14-22/h8-19,31H,6-7,20H2,1-5H3/b29-18+/t31-/m0/s1. The van der Waals surface area contributed by atoms with Gasteiger partial charge in [0.2, 0.25) is 0 Å². The van der Waals surface area contributed by atoms with Crippen molar-refractivity contribution in [3.8, 4) is 17.2 Å². The molecule has 0 bridgehead atoms. The third-order valence-electron chi connectivity index (χ3n) is 7.54. The number of allylic oxidation sites excluding steroid dienone is 1. The maximum absolute atomic E-state index is 14.2. The highest BCUT2D eigenvalue weighted by Gasteiger charge is 2.35. The minimum Gasteiger partial charge on any atom is -0.496 e. The van der Waals surface area contributed by atoms with Crippen LogP contribution < -0.4 is 29.1 Å². The number of nitrogens with zero attached hydrogens (tertiary/aromatic N) is 3. The molecule has 1 aliphatic heterocycles. The topological polar surface area (TPSA) is 82.4 Å². The van der Waals surface area contributed by atoms with Gasteiger partial charge in [0.05, 0.1) is 30.0 Å². The van der Waals surface area contributed by atoms with E-state index in [1.807, 2.05) is 93.6 Å². The van der Waals surface area contributed by atoms with E-state index in [1.54, 1.807) is 23.7 Å². The molecule has 0 saturated carbocycles. The number of para-hydroxylation sites is 1. The van der Waals surface area contributed by atoms with E-state index in [1.165, 1.54) is 11.3 Å². The van der Waals surface area contributed by atoms with Crippen molar-refractivity contribution >= 4 is 39.2 Å². The molecule has 1 aromatic heterocycles. The summed E-state index contributed by atoms with van der Waals surface area (Å²) in [4.78, 5) is 35.1. The van der Waals surface area contributed by atoms with Gasteiger partial charge in [-0.1, -0.05) is 75.8 Å². The number of hydrogen-bond acceptors (Lipinski definition) is 7. The normalized spacial score (nSPS) is 14.6. The smallest absolute Gasteiger partial charge is 0.271 e. The van der Waals surface area contributed by atoms with Crippen LogP contribution in [0.25, 0.3) is 6.08 Å². The molecule has 4 aromatic rings. The van der Waals surface area contributed by atoms with Gasteiger partial charge in [0.25, 0.3) is 11.5 Å². The van der Waals surface area contributed by atoms with Crippen LogP contribution in [-0.2, 0) is 11.4 Å². The van der Waals surface area contributed by atoms with Gasteiger partial charge in [0.15, 0.2) is 16.3 Å². The van der Waals surface area contributed by atoms with E-state index in [0.717, 1.165) is 21.2 Å². The molecule has 1 aliphatic rings. The van der Waals surface area contributed by atoms with Gasteiger partial charge in [0.1, 0.15) is 18.4 Å². The number of benzene rings is 3. The molecule has 5 rings (SSSR count). The number of fused-ring (bicyclic) bond motifs is 1. The number of ether oxygens (including phenoxy) is 3. The molecule has 3 aromatic carbocycles. The molecular formula is C34H34BrN3O5S. The molecule has 1 amide bonds. The number of carbonyl (C=O) groups excluding carboxylic acids is 1. The highest BCUT2D eigenvalue weighted by atomic mass is 79.9. The van der Waals surface area contributed by atoms with Gasteiger partial charge in [-0.3, -0.25) is 14.2 Å². The number of hydrogen-bond donors (Lipinski definition) is 0. The lowest BCUT2D eigenvalue weighted by Gasteiger charge is -2.29. The van der Waals surface area contributed by atoms with Crippen molar-refractivity contribution in [2.24, 2.45) is 4.99 Å². The van der Waals surface area contributed by atoms with Crippen LogP contribution in [0.2, 0.25) is 0 Å². The lowest BCUT2D eigenvalue weighted by atomic mass is 9.94. The van der Waals surface area contributed by atoms with Gasteiger partial charge < -0.3 is 19.1 Å². The Labute approximate surface area is 268 Å². The van der Waals surface area contributed by atoms with Crippen LogP contribution in [0.15, 0.2) is 92.3 Å². The largest absolute Gasteiger partial charge is 0.496 e. The first kappa shape index (κ1) is 31.3. The quantitative estimate of drug-likeness (QED) is 0.223. The second-order valence-corrected chi connectivity index (χ2v) is 12.0. The molecule has 0 radical (unpaired) electrons. The number of methoxy groups -OCH3 is 2. The summed E-state index contributed by atoms with van der Waals surface area (Å²) in [6, 6.07) is 20.3. The Bertz CT molecular complexity index is 1890. The molecular weight excluding hydrogens is 642 g/mol. The fourth-order valence-electron chi connectivity index (χ4n) is 5.27. The van der Waals surface area contributed by atoms with Crippen LogP contribution in [0.3, 0.4) is 0 Å². The molecule has 1 atom stereocenters. The minimum absolute atomic E-state index is 0.153. The molecule has 0 spiro atoms. The predicted octanol–water partition coefficient (Wildman–Crippen LogP) is 5.46. The van der Waals surface area contributed by atoms with Gasteiger partial charge in [0, 0.05) is 23.1 Å². The van der Waals surface area contributed by atoms with Crippen molar-refractivity contribution in [2.75, 3.05) is 27.3 Å². The highest BCUT2D eigenvalue weighted by Crippen LogP contribution is 2.37. The molecule has 0 fully saturated rings. The van der Waals surface area contributed by atoms with Crippen molar-refractivity contribution in [2.45, 2.75) is 33.4 Å². The van der Waals surface area contributed by atoms with Crippen LogP contribution in [0, 0.1) is 0 Å². The summed E-state index contributed by atoms with van der Waals surface area (Å²) in [5, 5.41) is 0. The molecule has 10 heteroatoms. The summed E-state index contributed by atoms with van der Waals surface area (Å²) in [5.74, 6) is 1.55. The zero-order valence-electron chi connectivity index (χ0n) is 25.3. The minimum atomic E-state index is -0.704. The molecule has 0 N–H and O–H groups in total. The zero-order chi connectivity index (χ0) is 31.4. The number of thiazole rings is 1. The van der Waals surface area contributed by atoms with Gasteiger partial charge in [-0.2, -0.15) is 0 Å². The Balaban J connectivity index is 1.63. The van der Waals surface area contributed by atoms with Gasteiger partial charge in [-0.25, -0.2) is 4.99 Å². The first-order chi connectivity index (χ1) is 21.3. The van der Waals surface area contributed by atoms with Crippen LogP contribution in [0.5, 0.6) is 17.2 Å². The first-order valence-electron chi connectivity index (χ1n) is 14.3. The van der Waals surface area contributed by atoms with Crippen molar-refractivity contribution in [1.82, 2.24) is 9.47 Å². The third-order valence-corrected chi connectivity index (χ3v) is 9.21. The maximum atomic E-state index is 14.2. The molecule has 0 aliphatic carbocycles. The predicted molar refractivity (Wildman–Crippen MR) is 176 cm³/mol.